The predicted octanol–water partition coefficient (Wildman–Crippen LogP) is 9.55. The summed E-state index contributed by atoms with van der Waals surface area (Å²) in [6.07, 6.45) is 16.6. The molecular weight excluding hydrogens is 837 g/mol. The molecule has 66 heavy (non-hydrogen) atoms. The molecule has 2 amide bonds. The SMILES string of the molecule is CCCCCC1(CCCCC)O[C@@H]2[C@@H](C=C(C(=O)N3CCC[C@@H]3C(=O)N[C@H](CO)CCC(=O)OC(C)(C)C)C[C@H]2OC(=O)c2cccc(C=C3CCC4O[C@]4(C)CC[C@@H]4[C@@H]3CC4(C)C)c2)O1. The molecule has 6 aliphatic rings. The molecule has 2 N–H and O–H groups in total. The van der Waals surface area contributed by atoms with Gasteiger partial charge in [0.15, 0.2) is 5.79 Å². The van der Waals surface area contributed by atoms with Crippen molar-refractivity contribution in [3.8, 4) is 0 Å². The zero-order chi connectivity index (χ0) is 47.4. The zero-order valence-electron chi connectivity index (χ0n) is 41.3. The van der Waals surface area contributed by atoms with Gasteiger partial charge in [0.1, 0.15) is 30.0 Å². The van der Waals surface area contributed by atoms with Gasteiger partial charge in [0, 0.05) is 37.8 Å². The second kappa shape index (κ2) is 21.0. The lowest BCUT2D eigenvalue weighted by Gasteiger charge is -2.53. The minimum Gasteiger partial charge on any atom is -0.460 e. The zero-order valence-corrected chi connectivity index (χ0v) is 41.3. The molecule has 2 saturated carbocycles. The van der Waals surface area contributed by atoms with E-state index in [-0.39, 0.29) is 48.7 Å². The maximum Gasteiger partial charge on any atom is 0.338 e. The Morgan fingerprint density at radius 3 is 2.41 bits per heavy atom. The molecule has 12 heteroatoms. The number of allylic oxidation sites excluding steroid dienone is 1. The molecule has 5 fully saturated rings. The fourth-order valence-electron chi connectivity index (χ4n) is 11.6. The second-order valence-electron chi connectivity index (χ2n) is 22.2. The highest BCUT2D eigenvalue weighted by atomic mass is 16.8. The van der Waals surface area contributed by atoms with E-state index in [9.17, 15) is 24.3 Å². The van der Waals surface area contributed by atoms with Gasteiger partial charge in [-0.1, -0.05) is 77.2 Å². The molecule has 3 aliphatic carbocycles. The van der Waals surface area contributed by atoms with Crippen molar-refractivity contribution < 1.29 is 48.0 Å². The Balaban J connectivity index is 1.10. The molecule has 1 unspecified atom stereocenters. The third-order valence-corrected chi connectivity index (χ3v) is 15.4. The number of carbonyl (C=O) groups excluding carboxylic acids is 4. The number of aliphatic hydroxyl groups is 1. The van der Waals surface area contributed by atoms with Crippen LogP contribution in [0, 0.1) is 17.3 Å². The topological polar surface area (TPSA) is 153 Å². The number of aliphatic hydroxyl groups excluding tert-OH is 1. The lowest BCUT2D eigenvalue weighted by atomic mass is 9.52. The van der Waals surface area contributed by atoms with Crippen molar-refractivity contribution in [3.05, 3.63) is 52.6 Å². The van der Waals surface area contributed by atoms with E-state index in [1.807, 2.05) is 18.2 Å². The average Bonchev–Trinajstić information content (AvgIpc) is 3.54. The van der Waals surface area contributed by atoms with Gasteiger partial charge in [-0.2, -0.15) is 0 Å². The van der Waals surface area contributed by atoms with Crippen LogP contribution in [0.25, 0.3) is 6.08 Å². The van der Waals surface area contributed by atoms with Crippen LogP contribution in [0.1, 0.15) is 187 Å². The van der Waals surface area contributed by atoms with Crippen LogP contribution in [-0.2, 0) is 38.1 Å². The number of unbranched alkanes of at least 4 members (excludes halogenated alkanes) is 4. The lowest BCUT2D eigenvalue weighted by Crippen LogP contribution is -2.51. The van der Waals surface area contributed by atoms with E-state index in [4.69, 9.17) is 23.7 Å². The first-order valence-electron chi connectivity index (χ1n) is 25.6. The minimum absolute atomic E-state index is 0.00614. The van der Waals surface area contributed by atoms with Crippen LogP contribution in [0.2, 0.25) is 0 Å². The van der Waals surface area contributed by atoms with E-state index in [1.165, 1.54) is 5.57 Å². The molecule has 0 bridgehead atoms. The number of likely N-dealkylation sites (tertiary alicyclic amines) is 1. The number of fused-ring (bicyclic) bond motifs is 3. The largest absolute Gasteiger partial charge is 0.460 e. The molecule has 3 aliphatic heterocycles. The number of ether oxygens (including phenoxy) is 5. The number of rotatable bonds is 18. The van der Waals surface area contributed by atoms with Gasteiger partial charge in [0.2, 0.25) is 11.8 Å². The van der Waals surface area contributed by atoms with E-state index in [0.29, 0.717) is 61.3 Å². The van der Waals surface area contributed by atoms with Crippen LogP contribution >= 0.6 is 0 Å². The van der Waals surface area contributed by atoms with Crippen LogP contribution < -0.4 is 5.32 Å². The fourth-order valence-corrected chi connectivity index (χ4v) is 11.6. The van der Waals surface area contributed by atoms with Crippen LogP contribution in [0.5, 0.6) is 0 Å². The summed E-state index contributed by atoms with van der Waals surface area (Å²) in [4.78, 5) is 56.8. The smallest absolute Gasteiger partial charge is 0.338 e. The fraction of sp³-hybridized carbons (Fsp3) is 0.741. The molecule has 9 atom stereocenters. The first-order valence-corrected chi connectivity index (χ1v) is 25.6. The van der Waals surface area contributed by atoms with Crippen molar-refractivity contribution in [2.45, 2.75) is 224 Å². The van der Waals surface area contributed by atoms with Crippen LogP contribution in [0.4, 0.5) is 0 Å². The Bertz CT molecular complexity index is 1960. The molecule has 0 aromatic heterocycles. The van der Waals surface area contributed by atoms with Crippen LogP contribution in [-0.4, -0.2) is 100 Å². The number of amides is 2. The Morgan fingerprint density at radius 2 is 1.73 bits per heavy atom. The maximum absolute atomic E-state index is 14.6. The standard InChI is InChI=1S/C54H80N2O10/c1-9-11-13-25-54(26-14-12-10-2)63-44-32-38(49(60)56-28-16-19-42(56)48(59)55-39(34-57)21-23-46(58)65-51(3,4)5)31-43(47(44)66-54)62-50(61)37-18-15-17-35(30-37)29-36-20-22-45-53(8,64-45)27-24-41-40(36)33-52(41,6)7/h15,17-18,29-30,32,39-45,47,57H,9-14,16,19-28,31,33-34H2,1-8H3,(H,55,59)/t39-,40+,41+,42+,43+,44+,45?,47-,53+/m0/s1. The quantitative estimate of drug-likeness (QED) is 0.0827. The highest BCUT2D eigenvalue weighted by molar-refractivity contribution is 5.98. The number of hydrogen-bond donors (Lipinski definition) is 2. The monoisotopic (exact) mass is 917 g/mol. The maximum atomic E-state index is 14.6. The minimum atomic E-state index is -0.868. The number of esters is 2. The summed E-state index contributed by atoms with van der Waals surface area (Å²) in [6.45, 7) is 16.8. The van der Waals surface area contributed by atoms with E-state index in [2.05, 4.69) is 52.1 Å². The molecule has 12 nitrogen and oxygen atoms in total. The van der Waals surface area contributed by atoms with Gasteiger partial charge in [-0.25, -0.2) is 4.79 Å². The van der Waals surface area contributed by atoms with Crippen molar-refractivity contribution in [3.63, 3.8) is 0 Å². The summed E-state index contributed by atoms with van der Waals surface area (Å²) in [5, 5.41) is 13.0. The number of carbonyl (C=O) groups is 4. The van der Waals surface area contributed by atoms with Gasteiger partial charge in [-0.15, -0.1) is 0 Å². The van der Waals surface area contributed by atoms with Gasteiger partial charge in [-0.3, -0.25) is 14.4 Å². The van der Waals surface area contributed by atoms with Crippen molar-refractivity contribution in [2.24, 2.45) is 17.3 Å². The van der Waals surface area contributed by atoms with E-state index >= 15 is 0 Å². The first-order chi connectivity index (χ1) is 31.4. The summed E-state index contributed by atoms with van der Waals surface area (Å²) < 4.78 is 31.9. The number of benzene rings is 1. The molecule has 0 spiro atoms. The summed E-state index contributed by atoms with van der Waals surface area (Å²) in [5.74, 6) is -1.33. The van der Waals surface area contributed by atoms with Crippen molar-refractivity contribution in [2.75, 3.05) is 13.2 Å². The highest BCUT2D eigenvalue weighted by Crippen LogP contribution is 2.60. The van der Waals surface area contributed by atoms with E-state index in [1.54, 1.807) is 31.7 Å². The summed E-state index contributed by atoms with van der Waals surface area (Å²) in [6, 6.07) is 6.25. The van der Waals surface area contributed by atoms with Crippen molar-refractivity contribution in [1.82, 2.24) is 10.2 Å². The Hall–Kier alpha value is -3.58. The van der Waals surface area contributed by atoms with Crippen LogP contribution in [0.15, 0.2) is 41.5 Å². The van der Waals surface area contributed by atoms with Gasteiger partial charge < -0.3 is 39.0 Å². The lowest BCUT2D eigenvalue weighted by molar-refractivity contribution is -0.190. The Kier molecular flexibility index (Phi) is 16.0. The first kappa shape index (κ1) is 50.3. The second-order valence-corrected chi connectivity index (χ2v) is 22.2. The molecule has 366 valence electrons. The molecule has 1 aromatic rings. The summed E-state index contributed by atoms with van der Waals surface area (Å²) in [7, 11) is 0. The normalized spacial score (nSPS) is 30.9. The third kappa shape index (κ3) is 12.0. The highest BCUT2D eigenvalue weighted by Gasteiger charge is 2.56. The molecule has 3 heterocycles. The molecule has 3 saturated heterocycles. The van der Waals surface area contributed by atoms with Gasteiger partial charge in [0.25, 0.3) is 0 Å². The average molecular weight is 917 g/mol. The van der Waals surface area contributed by atoms with Gasteiger partial charge in [0.05, 0.1) is 29.9 Å². The van der Waals surface area contributed by atoms with Gasteiger partial charge in [-0.05, 0) is 133 Å². The number of nitrogens with one attached hydrogen (secondary N) is 1. The van der Waals surface area contributed by atoms with Crippen LogP contribution in [0.3, 0.4) is 0 Å². The molecule has 7 rings (SSSR count). The summed E-state index contributed by atoms with van der Waals surface area (Å²) >= 11 is 0. The Morgan fingerprint density at radius 1 is 0.985 bits per heavy atom. The molecule has 1 aromatic carbocycles. The number of epoxide rings is 1. The van der Waals surface area contributed by atoms with Crippen molar-refractivity contribution in [1.29, 1.82) is 0 Å². The summed E-state index contributed by atoms with van der Waals surface area (Å²) in [5.41, 5.74) is 2.92. The van der Waals surface area contributed by atoms with E-state index in [0.717, 1.165) is 76.2 Å². The molecule has 0 radical (unpaired) electrons. The number of hydrogen-bond acceptors (Lipinski definition) is 10. The Labute approximate surface area is 394 Å². The number of nitrogens with zero attached hydrogens (tertiary/aromatic N) is 1. The third-order valence-electron chi connectivity index (χ3n) is 15.4. The molecular formula is C54H80N2O10. The van der Waals surface area contributed by atoms with Gasteiger partial charge >= 0.3 is 11.9 Å². The predicted molar refractivity (Wildman–Crippen MR) is 253 cm³/mol. The van der Waals surface area contributed by atoms with Crippen molar-refractivity contribution >= 4 is 29.8 Å². The van der Waals surface area contributed by atoms with E-state index < -0.39 is 53.7 Å².